The second-order valence-electron chi connectivity index (χ2n) is 7.89. The number of benzene rings is 1. The quantitative estimate of drug-likeness (QED) is 0.587. The van der Waals surface area contributed by atoms with Crippen LogP contribution in [0, 0.1) is 0 Å². The van der Waals surface area contributed by atoms with E-state index < -0.39 is 17.9 Å². The lowest BCUT2D eigenvalue weighted by atomic mass is 10.1. The van der Waals surface area contributed by atoms with Crippen molar-refractivity contribution in [3.8, 4) is 5.75 Å². The van der Waals surface area contributed by atoms with Crippen LogP contribution in [0.25, 0.3) is 0 Å². The van der Waals surface area contributed by atoms with Gasteiger partial charge in [0.25, 0.3) is 0 Å². The van der Waals surface area contributed by atoms with E-state index >= 15 is 0 Å². The Morgan fingerprint density at radius 2 is 1.89 bits per heavy atom. The SMILES string of the molecule is CCCCOc1cccc(C(F)CN(CC(=O)N(C)C)C(=O)OC(C)(C)C)c1. The Labute approximate surface area is 167 Å². The van der Waals surface area contributed by atoms with Crippen LogP contribution in [0.1, 0.15) is 52.3 Å². The van der Waals surface area contributed by atoms with Crippen molar-refractivity contribution in [3.63, 3.8) is 0 Å². The summed E-state index contributed by atoms with van der Waals surface area (Å²) in [5.41, 5.74) is -0.352. The Bertz CT molecular complexity index is 644. The molecular formula is C21H33FN2O4. The van der Waals surface area contributed by atoms with Crippen LogP contribution in [-0.4, -0.2) is 61.2 Å². The van der Waals surface area contributed by atoms with Crippen molar-refractivity contribution in [2.45, 2.75) is 52.3 Å². The zero-order valence-electron chi connectivity index (χ0n) is 17.8. The van der Waals surface area contributed by atoms with Gasteiger partial charge in [-0.3, -0.25) is 9.69 Å². The van der Waals surface area contributed by atoms with Crippen molar-refractivity contribution >= 4 is 12.0 Å². The van der Waals surface area contributed by atoms with Crippen molar-refractivity contribution in [3.05, 3.63) is 29.8 Å². The van der Waals surface area contributed by atoms with Crippen LogP contribution < -0.4 is 4.74 Å². The van der Waals surface area contributed by atoms with Crippen LogP contribution >= 0.6 is 0 Å². The highest BCUT2D eigenvalue weighted by atomic mass is 19.1. The number of hydrogen-bond donors (Lipinski definition) is 0. The monoisotopic (exact) mass is 396 g/mol. The minimum absolute atomic E-state index is 0.255. The van der Waals surface area contributed by atoms with Crippen LogP contribution in [0.4, 0.5) is 9.18 Å². The zero-order valence-corrected chi connectivity index (χ0v) is 17.8. The molecule has 1 aromatic carbocycles. The highest BCUT2D eigenvalue weighted by Crippen LogP contribution is 2.24. The van der Waals surface area contributed by atoms with E-state index in [4.69, 9.17) is 9.47 Å². The van der Waals surface area contributed by atoms with E-state index in [1.807, 2.05) is 0 Å². The number of alkyl halides is 1. The number of carbonyl (C=O) groups excluding carboxylic acids is 2. The van der Waals surface area contributed by atoms with Gasteiger partial charge in [-0.2, -0.15) is 0 Å². The van der Waals surface area contributed by atoms with Gasteiger partial charge in [-0.05, 0) is 44.9 Å². The third-order valence-electron chi connectivity index (χ3n) is 3.84. The van der Waals surface area contributed by atoms with Gasteiger partial charge in [0.15, 0.2) is 0 Å². The molecule has 1 atom stereocenters. The molecule has 0 fully saturated rings. The lowest BCUT2D eigenvalue weighted by molar-refractivity contribution is -0.130. The Hall–Kier alpha value is -2.31. The highest BCUT2D eigenvalue weighted by molar-refractivity contribution is 5.82. The van der Waals surface area contributed by atoms with Crippen LogP contribution in [-0.2, 0) is 9.53 Å². The Kier molecular flexibility index (Phi) is 9.22. The Morgan fingerprint density at radius 1 is 1.21 bits per heavy atom. The zero-order chi connectivity index (χ0) is 21.3. The van der Waals surface area contributed by atoms with Gasteiger partial charge in [-0.25, -0.2) is 9.18 Å². The number of hydrogen-bond acceptors (Lipinski definition) is 4. The highest BCUT2D eigenvalue weighted by Gasteiger charge is 2.27. The smallest absolute Gasteiger partial charge is 0.410 e. The van der Waals surface area contributed by atoms with E-state index in [2.05, 4.69) is 6.92 Å². The number of likely N-dealkylation sites (N-methyl/N-ethyl adjacent to an activating group) is 1. The van der Waals surface area contributed by atoms with Crippen molar-refractivity contribution in [2.75, 3.05) is 33.8 Å². The first kappa shape index (κ1) is 23.7. The summed E-state index contributed by atoms with van der Waals surface area (Å²) in [7, 11) is 3.17. The molecule has 0 bridgehead atoms. The number of halogens is 1. The molecule has 28 heavy (non-hydrogen) atoms. The molecule has 0 saturated heterocycles. The minimum Gasteiger partial charge on any atom is -0.494 e. The fraction of sp³-hybridized carbons (Fsp3) is 0.619. The second-order valence-corrected chi connectivity index (χ2v) is 7.89. The fourth-order valence-corrected chi connectivity index (χ4v) is 2.27. The predicted molar refractivity (Wildman–Crippen MR) is 107 cm³/mol. The first-order valence-electron chi connectivity index (χ1n) is 9.58. The molecule has 0 N–H and O–H groups in total. The molecule has 0 saturated carbocycles. The summed E-state index contributed by atoms with van der Waals surface area (Å²) in [4.78, 5) is 27.0. The molecule has 0 spiro atoms. The summed E-state index contributed by atoms with van der Waals surface area (Å²) in [5.74, 6) is 0.275. The summed E-state index contributed by atoms with van der Waals surface area (Å²) in [6, 6.07) is 6.75. The van der Waals surface area contributed by atoms with Gasteiger partial charge in [-0.15, -0.1) is 0 Å². The number of rotatable bonds is 9. The number of nitrogens with zero attached hydrogens (tertiary/aromatic N) is 2. The van der Waals surface area contributed by atoms with Crippen molar-refractivity contribution in [2.24, 2.45) is 0 Å². The lowest BCUT2D eigenvalue weighted by Crippen LogP contribution is -2.44. The third-order valence-corrected chi connectivity index (χ3v) is 3.84. The number of unbranched alkanes of at least 4 members (excludes halogenated alkanes) is 1. The van der Waals surface area contributed by atoms with Gasteiger partial charge in [0.05, 0.1) is 13.2 Å². The molecule has 0 aliphatic heterocycles. The maximum atomic E-state index is 15.0. The fourth-order valence-electron chi connectivity index (χ4n) is 2.27. The molecule has 0 aromatic heterocycles. The molecular weight excluding hydrogens is 363 g/mol. The van der Waals surface area contributed by atoms with Gasteiger partial charge in [-0.1, -0.05) is 25.5 Å². The van der Waals surface area contributed by atoms with E-state index in [0.717, 1.165) is 17.7 Å². The summed E-state index contributed by atoms with van der Waals surface area (Å²) in [6.45, 7) is 7.26. The Balaban J connectivity index is 2.89. The third kappa shape index (κ3) is 8.59. The largest absolute Gasteiger partial charge is 0.494 e. The second kappa shape index (κ2) is 10.9. The lowest BCUT2D eigenvalue weighted by Gasteiger charge is -2.28. The van der Waals surface area contributed by atoms with E-state index in [1.165, 1.54) is 4.90 Å². The standard InChI is InChI=1S/C21H33FN2O4/c1-7-8-12-27-17-11-9-10-16(13-17)18(22)14-24(15-19(25)23(5)6)20(26)28-21(2,3)4/h9-11,13,18H,7-8,12,14-15H2,1-6H3. The van der Waals surface area contributed by atoms with E-state index in [9.17, 15) is 14.0 Å². The van der Waals surface area contributed by atoms with Crippen molar-refractivity contribution < 1.29 is 23.5 Å². The molecule has 0 aliphatic rings. The topological polar surface area (TPSA) is 59.1 Å². The molecule has 2 amide bonds. The normalized spacial score (nSPS) is 12.2. The molecule has 1 rings (SSSR count). The molecule has 1 unspecified atom stereocenters. The van der Waals surface area contributed by atoms with Crippen LogP contribution in [0.2, 0.25) is 0 Å². The van der Waals surface area contributed by atoms with Crippen LogP contribution in [0.3, 0.4) is 0 Å². The maximum absolute atomic E-state index is 15.0. The number of ether oxygens (including phenoxy) is 2. The summed E-state index contributed by atoms with van der Waals surface area (Å²) in [6.07, 6.45) is -0.267. The molecule has 0 heterocycles. The number of amides is 2. The van der Waals surface area contributed by atoms with Gasteiger partial charge in [0.2, 0.25) is 5.91 Å². The van der Waals surface area contributed by atoms with Gasteiger partial charge < -0.3 is 14.4 Å². The first-order valence-corrected chi connectivity index (χ1v) is 9.58. The summed E-state index contributed by atoms with van der Waals surface area (Å²) < 4.78 is 25.9. The van der Waals surface area contributed by atoms with Gasteiger partial charge in [0.1, 0.15) is 24.1 Å². The molecule has 1 aromatic rings. The molecule has 0 radical (unpaired) electrons. The molecule has 7 heteroatoms. The first-order chi connectivity index (χ1) is 13.0. The summed E-state index contributed by atoms with van der Waals surface area (Å²) >= 11 is 0. The van der Waals surface area contributed by atoms with Crippen LogP contribution in [0.15, 0.2) is 24.3 Å². The molecule has 0 aliphatic carbocycles. The maximum Gasteiger partial charge on any atom is 0.410 e. The predicted octanol–water partition coefficient (Wildman–Crippen LogP) is 4.20. The van der Waals surface area contributed by atoms with E-state index in [1.54, 1.807) is 59.1 Å². The minimum atomic E-state index is -1.47. The molecule has 6 nitrogen and oxygen atoms in total. The molecule has 158 valence electrons. The van der Waals surface area contributed by atoms with E-state index in [-0.39, 0.29) is 19.0 Å². The Morgan fingerprint density at radius 3 is 2.46 bits per heavy atom. The van der Waals surface area contributed by atoms with E-state index in [0.29, 0.717) is 17.9 Å². The van der Waals surface area contributed by atoms with Gasteiger partial charge in [0, 0.05) is 14.1 Å². The van der Waals surface area contributed by atoms with Gasteiger partial charge >= 0.3 is 6.09 Å². The average molecular weight is 397 g/mol. The van der Waals surface area contributed by atoms with Crippen LogP contribution in [0.5, 0.6) is 5.75 Å². The van der Waals surface area contributed by atoms with Crippen molar-refractivity contribution in [1.82, 2.24) is 9.80 Å². The average Bonchev–Trinajstić information content (AvgIpc) is 2.60. The number of carbonyl (C=O) groups is 2. The summed E-state index contributed by atoms with van der Waals surface area (Å²) in [5, 5.41) is 0. The van der Waals surface area contributed by atoms with Crippen molar-refractivity contribution in [1.29, 1.82) is 0 Å².